The van der Waals surface area contributed by atoms with Gasteiger partial charge in [0, 0.05) is 25.8 Å². The lowest BCUT2D eigenvalue weighted by Gasteiger charge is -2.17. The van der Waals surface area contributed by atoms with Crippen LogP contribution >= 0.6 is 0 Å². The summed E-state index contributed by atoms with van der Waals surface area (Å²) in [4.78, 5) is 20.0. The Kier molecular flexibility index (Phi) is 3.96. The van der Waals surface area contributed by atoms with E-state index in [2.05, 4.69) is 4.98 Å². The maximum atomic E-state index is 12.3. The Labute approximate surface area is 124 Å². The molecule has 1 aromatic heterocycles. The SMILES string of the molecule is O=C1N(CC=Cc2ccccc2)CCN1c1cccnc1. The number of nitrogens with zero attached hydrogens (tertiary/aromatic N) is 3. The minimum Gasteiger partial charge on any atom is -0.319 e. The number of aromatic nitrogens is 1. The summed E-state index contributed by atoms with van der Waals surface area (Å²) < 4.78 is 0. The van der Waals surface area contributed by atoms with Crippen molar-refractivity contribution in [1.82, 2.24) is 9.88 Å². The van der Waals surface area contributed by atoms with Gasteiger partial charge in [-0.2, -0.15) is 0 Å². The molecule has 0 aliphatic carbocycles. The van der Waals surface area contributed by atoms with Gasteiger partial charge in [0.25, 0.3) is 0 Å². The fourth-order valence-corrected chi connectivity index (χ4v) is 2.39. The minimum atomic E-state index is 0.0423. The van der Waals surface area contributed by atoms with E-state index in [4.69, 9.17) is 0 Å². The molecular formula is C17H17N3O. The summed E-state index contributed by atoms with van der Waals surface area (Å²) in [5.74, 6) is 0. The first-order chi connectivity index (χ1) is 10.3. The average Bonchev–Trinajstić information content (AvgIpc) is 2.90. The normalized spacial score (nSPS) is 15.1. The third-order valence-electron chi connectivity index (χ3n) is 3.49. The monoisotopic (exact) mass is 279 g/mol. The third kappa shape index (κ3) is 3.11. The van der Waals surface area contributed by atoms with Crippen molar-refractivity contribution in [1.29, 1.82) is 0 Å². The maximum absolute atomic E-state index is 12.3. The quantitative estimate of drug-likeness (QED) is 0.862. The van der Waals surface area contributed by atoms with E-state index < -0.39 is 0 Å². The number of rotatable bonds is 4. The van der Waals surface area contributed by atoms with Crippen molar-refractivity contribution in [3.63, 3.8) is 0 Å². The first-order valence-corrected chi connectivity index (χ1v) is 7.02. The lowest BCUT2D eigenvalue weighted by Crippen LogP contribution is -2.31. The topological polar surface area (TPSA) is 36.4 Å². The summed E-state index contributed by atoms with van der Waals surface area (Å²) in [5, 5.41) is 0. The summed E-state index contributed by atoms with van der Waals surface area (Å²) in [7, 11) is 0. The molecule has 3 rings (SSSR count). The van der Waals surface area contributed by atoms with Crippen LogP contribution in [0.4, 0.5) is 10.5 Å². The molecule has 0 radical (unpaired) electrons. The van der Waals surface area contributed by atoms with Crippen molar-refractivity contribution in [3.05, 3.63) is 66.5 Å². The third-order valence-corrected chi connectivity index (χ3v) is 3.49. The van der Waals surface area contributed by atoms with Gasteiger partial charge in [-0.3, -0.25) is 9.88 Å². The van der Waals surface area contributed by atoms with E-state index in [9.17, 15) is 4.79 Å². The fraction of sp³-hybridized carbons (Fsp3) is 0.176. The molecule has 1 aliphatic rings. The predicted molar refractivity (Wildman–Crippen MR) is 84.0 cm³/mol. The van der Waals surface area contributed by atoms with Gasteiger partial charge in [-0.05, 0) is 17.7 Å². The Balaban J connectivity index is 1.61. The molecule has 2 aromatic rings. The predicted octanol–water partition coefficient (Wildman–Crippen LogP) is 3.04. The number of urea groups is 1. The molecule has 0 saturated carbocycles. The largest absolute Gasteiger partial charge is 0.324 e. The molecule has 1 saturated heterocycles. The van der Waals surface area contributed by atoms with Gasteiger partial charge < -0.3 is 4.90 Å². The molecule has 106 valence electrons. The van der Waals surface area contributed by atoms with Gasteiger partial charge in [0.1, 0.15) is 0 Å². The number of anilines is 1. The number of benzene rings is 1. The van der Waals surface area contributed by atoms with Crippen LogP contribution in [0.15, 0.2) is 60.9 Å². The van der Waals surface area contributed by atoms with Crippen LogP contribution in [0.25, 0.3) is 6.08 Å². The maximum Gasteiger partial charge on any atom is 0.324 e. The number of hydrogen-bond donors (Lipinski definition) is 0. The average molecular weight is 279 g/mol. The van der Waals surface area contributed by atoms with Crippen LogP contribution in [0.5, 0.6) is 0 Å². The van der Waals surface area contributed by atoms with Crippen LogP contribution in [0, 0.1) is 0 Å². The van der Waals surface area contributed by atoms with E-state index in [0.717, 1.165) is 17.8 Å². The fourth-order valence-electron chi connectivity index (χ4n) is 2.39. The molecule has 1 aliphatic heterocycles. The van der Waals surface area contributed by atoms with Gasteiger partial charge in [-0.15, -0.1) is 0 Å². The summed E-state index contributed by atoms with van der Waals surface area (Å²) in [6.07, 6.45) is 7.51. The Morgan fingerprint density at radius 3 is 2.71 bits per heavy atom. The highest BCUT2D eigenvalue weighted by Crippen LogP contribution is 2.18. The van der Waals surface area contributed by atoms with Crippen molar-refractivity contribution in [2.45, 2.75) is 0 Å². The van der Waals surface area contributed by atoms with Crippen molar-refractivity contribution in [2.75, 3.05) is 24.5 Å². The molecule has 0 atom stereocenters. The van der Waals surface area contributed by atoms with Crippen LogP contribution in [0.3, 0.4) is 0 Å². The van der Waals surface area contributed by atoms with Gasteiger partial charge in [-0.25, -0.2) is 4.79 Å². The van der Waals surface area contributed by atoms with Crippen molar-refractivity contribution in [2.24, 2.45) is 0 Å². The molecule has 4 nitrogen and oxygen atoms in total. The molecular weight excluding hydrogens is 262 g/mol. The number of carbonyl (C=O) groups excluding carboxylic acids is 1. The zero-order chi connectivity index (χ0) is 14.5. The van der Waals surface area contributed by atoms with E-state index in [1.165, 1.54) is 0 Å². The molecule has 1 aromatic carbocycles. The molecule has 1 fully saturated rings. The van der Waals surface area contributed by atoms with Gasteiger partial charge in [0.05, 0.1) is 11.9 Å². The Morgan fingerprint density at radius 1 is 1.10 bits per heavy atom. The summed E-state index contributed by atoms with van der Waals surface area (Å²) in [6, 6.07) is 13.9. The van der Waals surface area contributed by atoms with E-state index >= 15 is 0 Å². The Bertz CT molecular complexity index is 625. The highest BCUT2D eigenvalue weighted by Gasteiger charge is 2.28. The molecule has 2 heterocycles. The number of hydrogen-bond acceptors (Lipinski definition) is 2. The van der Waals surface area contributed by atoms with E-state index in [-0.39, 0.29) is 6.03 Å². The Morgan fingerprint density at radius 2 is 1.95 bits per heavy atom. The highest BCUT2D eigenvalue weighted by molar-refractivity contribution is 5.94. The summed E-state index contributed by atoms with van der Waals surface area (Å²) >= 11 is 0. The lowest BCUT2D eigenvalue weighted by atomic mass is 10.2. The van der Waals surface area contributed by atoms with Crippen molar-refractivity contribution in [3.8, 4) is 0 Å². The van der Waals surface area contributed by atoms with Gasteiger partial charge in [-0.1, -0.05) is 42.5 Å². The molecule has 0 unspecified atom stereocenters. The number of carbonyl (C=O) groups is 1. The van der Waals surface area contributed by atoms with Crippen molar-refractivity contribution >= 4 is 17.8 Å². The first-order valence-electron chi connectivity index (χ1n) is 7.02. The lowest BCUT2D eigenvalue weighted by molar-refractivity contribution is 0.225. The minimum absolute atomic E-state index is 0.0423. The van der Waals surface area contributed by atoms with Gasteiger partial charge in [0.15, 0.2) is 0 Å². The van der Waals surface area contributed by atoms with Crippen LogP contribution in [-0.4, -0.2) is 35.5 Å². The summed E-state index contributed by atoms with van der Waals surface area (Å²) in [6.45, 7) is 2.08. The van der Waals surface area contributed by atoms with Crippen LogP contribution < -0.4 is 4.90 Å². The molecule has 0 bridgehead atoms. The smallest absolute Gasteiger partial charge is 0.319 e. The second-order valence-corrected chi connectivity index (χ2v) is 4.90. The van der Waals surface area contributed by atoms with E-state index in [1.54, 1.807) is 17.3 Å². The molecule has 0 spiro atoms. The second-order valence-electron chi connectivity index (χ2n) is 4.90. The van der Waals surface area contributed by atoms with E-state index in [1.807, 2.05) is 59.5 Å². The number of pyridine rings is 1. The highest BCUT2D eigenvalue weighted by atomic mass is 16.2. The standard InChI is InChI=1S/C17H17N3O/c21-17-19(11-5-8-15-6-2-1-3-7-15)12-13-20(17)16-9-4-10-18-14-16/h1-10,14H,11-13H2. The van der Waals surface area contributed by atoms with E-state index in [0.29, 0.717) is 13.1 Å². The Hall–Kier alpha value is -2.62. The van der Waals surface area contributed by atoms with Gasteiger partial charge >= 0.3 is 6.03 Å². The number of amides is 2. The second kappa shape index (κ2) is 6.22. The molecule has 21 heavy (non-hydrogen) atoms. The first kappa shape index (κ1) is 13.4. The molecule has 2 amide bonds. The van der Waals surface area contributed by atoms with Crippen molar-refractivity contribution < 1.29 is 4.79 Å². The molecule has 4 heteroatoms. The molecule has 0 N–H and O–H groups in total. The van der Waals surface area contributed by atoms with Crippen LogP contribution in [0.2, 0.25) is 0 Å². The zero-order valence-corrected chi connectivity index (χ0v) is 11.7. The zero-order valence-electron chi connectivity index (χ0n) is 11.7. The summed E-state index contributed by atoms with van der Waals surface area (Å²) in [5.41, 5.74) is 2.00. The van der Waals surface area contributed by atoms with Crippen LogP contribution in [-0.2, 0) is 0 Å². The van der Waals surface area contributed by atoms with Crippen LogP contribution in [0.1, 0.15) is 5.56 Å². The van der Waals surface area contributed by atoms with Gasteiger partial charge in [0.2, 0.25) is 0 Å².